The van der Waals surface area contributed by atoms with E-state index in [1.165, 1.54) is 0 Å². The first-order valence-corrected chi connectivity index (χ1v) is 6.61. The second-order valence-electron chi connectivity index (χ2n) is 4.54. The first-order chi connectivity index (χ1) is 9.54. The van der Waals surface area contributed by atoms with Crippen LogP contribution in [-0.2, 0) is 11.3 Å². The molecule has 0 atom stereocenters. The van der Waals surface area contributed by atoms with Crippen LogP contribution in [0.4, 0.5) is 5.69 Å². The van der Waals surface area contributed by atoms with Gasteiger partial charge in [-0.1, -0.05) is 12.2 Å². The number of aromatic nitrogens is 1. The van der Waals surface area contributed by atoms with Crippen LogP contribution < -0.4 is 28.0 Å². The zero-order valence-electron chi connectivity index (χ0n) is 11.5. The average molecular weight is 322 g/mol. The minimum Gasteiger partial charge on any atom is -1.00 e. The summed E-state index contributed by atoms with van der Waals surface area (Å²) in [6.45, 7) is 2.28. The number of benzene rings is 1. The van der Waals surface area contributed by atoms with E-state index in [2.05, 4.69) is 5.32 Å². The van der Waals surface area contributed by atoms with Crippen LogP contribution in [0.15, 0.2) is 48.8 Å². The lowest BCUT2D eigenvalue weighted by Gasteiger charge is -2.04. The molecule has 0 radical (unpaired) electrons. The lowest BCUT2D eigenvalue weighted by atomic mass is 10.2. The number of thiocarbonyl (C=S) groups is 1. The molecule has 0 aliphatic rings. The minimum absolute atomic E-state index is 0. The molecule has 2 aromatic rings. The van der Waals surface area contributed by atoms with Gasteiger partial charge in [0.05, 0.1) is 0 Å². The third-order valence-electron chi connectivity index (χ3n) is 2.84. The number of carbonyl (C=O) groups excluding carboxylic acids is 1. The van der Waals surface area contributed by atoms with Crippen LogP contribution in [0.1, 0.15) is 11.1 Å². The molecule has 0 saturated heterocycles. The fourth-order valence-corrected chi connectivity index (χ4v) is 1.86. The van der Waals surface area contributed by atoms with Crippen LogP contribution in [-0.4, -0.2) is 10.9 Å². The highest BCUT2D eigenvalue weighted by Crippen LogP contribution is 2.09. The van der Waals surface area contributed by atoms with Crippen molar-refractivity contribution in [3.05, 3.63) is 59.9 Å². The number of nitrogens with two attached hydrogens (primary N) is 1. The number of hydrogen-bond donors (Lipinski definition) is 2. The van der Waals surface area contributed by atoms with Gasteiger partial charge in [-0.05, 0) is 36.8 Å². The molecular weight excluding hydrogens is 306 g/mol. The van der Waals surface area contributed by atoms with Crippen LogP contribution >= 0.6 is 12.2 Å². The number of nitrogens with zero attached hydrogens (tertiary/aromatic N) is 1. The van der Waals surface area contributed by atoms with Gasteiger partial charge in [-0.25, -0.2) is 0 Å². The van der Waals surface area contributed by atoms with Crippen LogP contribution in [0.5, 0.6) is 0 Å². The van der Waals surface area contributed by atoms with Gasteiger partial charge in [-0.3, -0.25) is 4.79 Å². The summed E-state index contributed by atoms with van der Waals surface area (Å²) in [4.78, 5) is 12.2. The van der Waals surface area contributed by atoms with Gasteiger partial charge in [0.1, 0.15) is 4.99 Å². The molecule has 0 aliphatic carbocycles. The highest BCUT2D eigenvalue weighted by molar-refractivity contribution is 7.80. The van der Waals surface area contributed by atoms with Gasteiger partial charge in [0.2, 0.25) is 6.54 Å². The molecule has 2 rings (SSSR count). The number of nitrogens with one attached hydrogen (secondary N) is 1. The number of amides is 1. The molecule has 0 spiro atoms. The summed E-state index contributed by atoms with van der Waals surface area (Å²) in [5.41, 5.74) is 8.19. The normalized spacial score (nSPS) is 9.57. The largest absolute Gasteiger partial charge is 1.00 e. The molecule has 110 valence electrons. The Morgan fingerprint density at radius 2 is 1.76 bits per heavy atom. The summed E-state index contributed by atoms with van der Waals surface area (Å²) in [5, 5.41) is 2.83. The molecule has 1 heterocycles. The van der Waals surface area contributed by atoms with Gasteiger partial charge in [-0.15, -0.1) is 0 Å². The Morgan fingerprint density at radius 3 is 2.29 bits per heavy atom. The molecule has 0 aliphatic heterocycles. The first kappa shape index (κ1) is 17.1. The molecule has 0 fully saturated rings. The van der Waals surface area contributed by atoms with E-state index in [9.17, 15) is 4.79 Å². The third-order valence-corrected chi connectivity index (χ3v) is 3.07. The Morgan fingerprint density at radius 1 is 1.19 bits per heavy atom. The van der Waals surface area contributed by atoms with Crippen LogP contribution in [0.3, 0.4) is 0 Å². The predicted octanol–water partition coefficient (Wildman–Crippen LogP) is -1.44. The van der Waals surface area contributed by atoms with Crippen molar-refractivity contribution in [1.82, 2.24) is 0 Å². The zero-order valence-corrected chi connectivity index (χ0v) is 13.1. The Balaban J connectivity index is 0.00000220. The van der Waals surface area contributed by atoms with Crippen molar-refractivity contribution in [1.29, 1.82) is 0 Å². The maximum atomic E-state index is 11.9. The van der Waals surface area contributed by atoms with Gasteiger partial charge < -0.3 is 23.5 Å². The van der Waals surface area contributed by atoms with E-state index in [0.717, 1.165) is 16.8 Å². The summed E-state index contributed by atoms with van der Waals surface area (Å²) < 4.78 is 1.83. The quantitative estimate of drug-likeness (QED) is 0.536. The summed E-state index contributed by atoms with van der Waals surface area (Å²) in [6.07, 6.45) is 3.76. The highest BCUT2D eigenvalue weighted by atomic mass is 35.5. The van der Waals surface area contributed by atoms with Gasteiger partial charge >= 0.3 is 0 Å². The van der Waals surface area contributed by atoms with E-state index in [4.69, 9.17) is 18.0 Å². The Bertz CT molecular complexity index is 626. The molecule has 1 aromatic heterocycles. The SMILES string of the molecule is Cc1cc[n+](CC(=O)Nc2ccc(C(N)=S)cc2)cc1.[Cl-]. The summed E-state index contributed by atoms with van der Waals surface area (Å²) in [6, 6.07) is 11.1. The summed E-state index contributed by atoms with van der Waals surface area (Å²) in [5.74, 6) is -0.0815. The van der Waals surface area contributed by atoms with E-state index in [-0.39, 0.29) is 24.9 Å². The molecule has 1 aromatic carbocycles. The zero-order chi connectivity index (χ0) is 14.5. The number of aryl methyl sites for hydroxylation is 1. The van der Waals surface area contributed by atoms with Crippen molar-refractivity contribution in [2.45, 2.75) is 13.5 Å². The van der Waals surface area contributed by atoms with E-state index >= 15 is 0 Å². The lowest BCUT2D eigenvalue weighted by molar-refractivity contribution is -0.684. The van der Waals surface area contributed by atoms with Crippen molar-refractivity contribution in [2.75, 3.05) is 5.32 Å². The summed E-state index contributed by atoms with van der Waals surface area (Å²) in [7, 11) is 0. The van der Waals surface area contributed by atoms with Crippen LogP contribution in [0.2, 0.25) is 0 Å². The van der Waals surface area contributed by atoms with Crippen LogP contribution in [0, 0.1) is 6.92 Å². The van der Waals surface area contributed by atoms with Crippen molar-refractivity contribution in [3.8, 4) is 0 Å². The number of anilines is 1. The van der Waals surface area contributed by atoms with E-state index in [1.54, 1.807) is 24.3 Å². The van der Waals surface area contributed by atoms with Gasteiger partial charge in [-0.2, -0.15) is 4.57 Å². The van der Waals surface area contributed by atoms with Crippen molar-refractivity contribution < 1.29 is 21.8 Å². The molecular formula is C15H16ClN3OS. The number of rotatable bonds is 4. The van der Waals surface area contributed by atoms with Crippen molar-refractivity contribution in [2.24, 2.45) is 5.73 Å². The minimum atomic E-state index is -0.0815. The number of halogens is 1. The molecule has 4 nitrogen and oxygen atoms in total. The fraction of sp³-hybridized carbons (Fsp3) is 0.133. The average Bonchev–Trinajstić information content (AvgIpc) is 2.42. The first-order valence-electron chi connectivity index (χ1n) is 6.20. The monoisotopic (exact) mass is 321 g/mol. The lowest BCUT2D eigenvalue weighted by Crippen LogP contribution is -3.00. The van der Waals surface area contributed by atoms with Gasteiger partial charge in [0, 0.05) is 23.4 Å². The molecule has 0 unspecified atom stereocenters. The topological polar surface area (TPSA) is 59.0 Å². The third kappa shape index (κ3) is 5.13. The van der Waals surface area contributed by atoms with E-state index < -0.39 is 0 Å². The highest BCUT2D eigenvalue weighted by Gasteiger charge is 2.09. The molecule has 0 saturated carbocycles. The Hall–Kier alpha value is -1.98. The fourth-order valence-electron chi connectivity index (χ4n) is 1.72. The molecule has 3 N–H and O–H groups in total. The van der Waals surface area contributed by atoms with E-state index in [0.29, 0.717) is 4.99 Å². The summed E-state index contributed by atoms with van der Waals surface area (Å²) >= 11 is 4.88. The second-order valence-corrected chi connectivity index (χ2v) is 4.98. The maximum absolute atomic E-state index is 11.9. The molecule has 21 heavy (non-hydrogen) atoms. The van der Waals surface area contributed by atoms with Crippen molar-refractivity contribution >= 4 is 28.8 Å². The Labute approximate surface area is 135 Å². The molecule has 0 bridgehead atoms. The maximum Gasteiger partial charge on any atom is 0.290 e. The molecule has 1 amide bonds. The van der Waals surface area contributed by atoms with Gasteiger partial charge in [0.25, 0.3) is 5.91 Å². The van der Waals surface area contributed by atoms with Gasteiger partial charge in [0.15, 0.2) is 12.4 Å². The van der Waals surface area contributed by atoms with E-state index in [1.807, 2.05) is 36.0 Å². The number of hydrogen-bond acceptors (Lipinski definition) is 2. The Kier molecular flexibility index (Phi) is 6.27. The second kappa shape index (κ2) is 7.71. The van der Waals surface area contributed by atoms with Crippen LogP contribution in [0.25, 0.3) is 0 Å². The smallest absolute Gasteiger partial charge is 0.290 e. The standard InChI is InChI=1S/C15H15N3OS.ClH/c1-11-6-8-18(9-7-11)10-14(19)17-13-4-2-12(3-5-13)15(16)20;/h2-9H,10H2,1H3,(H2-,16,17,19,20);1H. The molecule has 6 heteroatoms. The van der Waals surface area contributed by atoms with Crippen molar-refractivity contribution in [3.63, 3.8) is 0 Å². The number of carbonyl (C=O) groups is 1. The number of pyridine rings is 1. The predicted molar refractivity (Wildman–Crippen MR) is 82.3 cm³/mol.